The highest BCUT2D eigenvalue weighted by Gasteiger charge is 2.80. The van der Waals surface area contributed by atoms with E-state index in [1.807, 2.05) is 36.4 Å². The molecule has 0 spiro atoms. The molecule has 0 radical (unpaired) electrons. The Kier molecular flexibility index (Phi) is 7.83. The average molecular weight is 670 g/mol. The Balaban J connectivity index is 1.20. The lowest BCUT2D eigenvalue weighted by molar-refractivity contribution is -0.232. The number of carbonyl (C=O) groups excluding carboxylic acids is 2. The summed E-state index contributed by atoms with van der Waals surface area (Å²) in [5.41, 5.74) is 2.85. The third-order valence-corrected chi connectivity index (χ3v) is 12.6. The fraction of sp³-hybridized carbons (Fsp3) is 0.500. The van der Waals surface area contributed by atoms with E-state index < -0.39 is 75.5 Å². The average Bonchev–Trinajstić information content (AvgIpc) is 3.54. The van der Waals surface area contributed by atoms with Gasteiger partial charge in [-0.1, -0.05) is 61.2 Å². The smallest absolute Gasteiger partial charge is 0.226 e. The zero-order chi connectivity index (χ0) is 33.5. The first-order valence-electron chi connectivity index (χ1n) is 15.9. The summed E-state index contributed by atoms with van der Waals surface area (Å²) in [5, 5.41) is 20.7. The van der Waals surface area contributed by atoms with E-state index in [2.05, 4.69) is 0 Å². The highest BCUT2D eigenvalue weighted by molar-refractivity contribution is 8.13. The van der Waals surface area contributed by atoms with Gasteiger partial charge in [-0.2, -0.15) is 0 Å². The number of hydrogen-bond donors (Lipinski definition) is 3. The Bertz CT molecular complexity index is 1680. The van der Waals surface area contributed by atoms with E-state index in [-0.39, 0.29) is 31.4 Å². The lowest BCUT2D eigenvalue weighted by Gasteiger charge is -2.63. The number of halogens is 3. The minimum absolute atomic E-state index is 0.0182. The van der Waals surface area contributed by atoms with Crippen LogP contribution in [0.25, 0.3) is 0 Å². The predicted molar refractivity (Wildman–Crippen MR) is 170 cm³/mol. The van der Waals surface area contributed by atoms with Crippen molar-refractivity contribution in [3.63, 3.8) is 0 Å². The molecule has 0 bridgehead atoms. The molecule has 3 saturated carbocycles. The van der Waals surface area contributed by atoms with E-state index in [1.165, 1.54) is 19.1 Å². The first kappa shape index (κ1) is 32.6. The highest BCUT2D eigenvalue weighted by Crippen LogP contribution is 2.73. The summed E-state index contributed by atoms with van der Waals surface area (Å²) in [6.07, 6.45) is -1.14. The molecule has 0 aromatic heterocycles. The quantitative estimate of drug-likeness (QED) is 0.340. The molecule has 10 atom stereocenters. The fourth-order valence-electron chi connectivity index (χ4n) is 9.54. The van der Waals surface area contributed by atoms with Gasteiger partial charge >= 0.3 is 0 Å². The van der Waals surface area contributed by atoms with Gasteiger partial charge in [-0.05, 0) is 73.4 Å². The molecular weight excluding hydrogens is 631 g/mol. The molecule has 1 heterocycles. The molecule has 250 valence electrons. The number of anilines is 1. The van der Waals surface area contributed by atoms with E-state index >= 15 is 8.78 Å². The van der Waals surface area contributed by atoms with Gasteiger partial charge in [0, 0.05) is 33.6 Å². The third-order valence-electron chi connectivity index (χ3n) is 11.9. The normalized spacial score (nSPS) is 40.3. The second-order valence-electron chi connectivity index (χ2n) is 14.1. The maximum absolute atomic E-state index is 17.6. The molecule has 11 heteroatoms. The van der Waals surface area contributed by atoms with Crippen molar-refractivity contribution in [3.05, 3.63) is 88.5 Å². The number of nitrogens with two attached hydrogens (primary N) is 1. The van der Waals surface area contributed by atoms with Crippen molar-refractivity contribution in [3.8, 4) is 0 Å². The van der Waals surface area contributed by atoms with Crippen LogP contribution in [0, 0.1) is 22.7 Å². The van der Waals surface area contributed by atoms with Gasteiger partial charge in [0.05, 0.1) is 18.8 Å². The molecule has 1 saturated heterocycles. The van der Waals surface area contributed by atoms with E-state index in [0.29, 0.717) is 35.0 Å². The summed E-state index contributed by atoms with van der Waals surface area (Å²) < 4.78 is 60.3. The van der Waals surface area contributed by atoms with Crippen LogP contribution in [0.15, 0.2) is 66.3 Å². The second kappa shape index (κ2) is 11.3. The van der Waals surface area contributed by atoms with Crippen molar-refractivity contribution in [1.82, 2.24) is 0 Å². The van der Waals surface area contributed by atoms with Crippen molar-refractivity contribution in [2.24, 2.45) is 22.7 Å². The fourth-order valence-corrected chi connectivity index (χ4v) is 10.3. The predicted octanol–water partition coefficient (Wildman–Crippen LogP) is 5.62. The summed E-state index contributed by atoms with van der Waals surface area (Å²) >= 11 is 0.458. The second-order valence-corrected chi connectivity index (χ2v) is 14.9. The molecule has 0 unspecified atom stereocenters. The van der Waals surface area contributed by atoms with Gasteiger partial charge < -0.3 is 25.4 Å². The number of ether oxygens (including phenoxy) is 2. The topological polar surface area (TPSA) is 119 Å². The summed E-state index contributed by atoms with van der Waals surface area (Å²) in [7, 11) is 0. The number of alkyl halides is 3. The summed E-state index contributed by atoms with van der Waals surface area (Å²) in [4.78, 5) is 26.1. The SMILES string of the molecule is C[C@]12C=CC(=O)C=C1[C@@H](F)C[C@H]1[C@@H]3C[C@H]4O[C@@H](c5ccc(Cc6ccc(N)c(CO)c6)cc5)O[C@@]4(C(=O)SCF)[C@@]3(C)C[C@H](O)[C@@]12F. The highest BCUT2D eigenvalue weighted by atomic mass is 32.2. The Morgan fingerprint density at radius 3 is 2.53 bits per heavy atom. The van der Waals surface area contributed by atoms with Crippen LogP contribution in [0.1, 0.15) is 61.7 Å². The van der Waals surface area contributed by atoms with Crippen LogP contribution in [0.2, 0.25) is 0 Å². The minimum atomic E-state index is -2.32. The number of aliphatic hydroxyl groups excluding tert-OH is 2. The van der Waals surface area contributed by atoms with Crippen LogP contribution in [0.4, 0.5) is 18.9 Å². The number of rotatable bonds is 6. The van der Waals surface area contributed by atoms with Gasteiger partial charge in [0.15, 0.2) is 23.3 Å². The molecule has 2 aromatic carbocycles. The van der Waals surface area contributed by atoms with Gasteiger partial charge in [0.25, 0.3) is 0 Å². The number of fused-ring (bicyclic) bond motifs is 7. The van der Waals surface area contributed by atoms with Crippen LogP contribution >= 0.6 is 11.8 Å². The number of allylic oxidation sites excluding steroid dienone is 4. The molecule has 1 aliphatic heterocycles. The summed E-state index contributed by atoms with van der Waals surface area (Å²) in [5.74, 6) is -2.09. The Morgan fingerprint density at radius 1 is 1.11 bits per heavy atom. The van der Waals surface area contributed by atoms with Gasteiger partial charge in [-0.3, -0.25) is 9.59 Å². The number of nitrogen functional groups attached to an aromatic ring is 1. The van der Waals surface area contributed by atoms with Crippen molar-refractivity contribution in [1.29, 1.82) is 0 Å². The lowest BCUT2D eigenvalue weighted by atomic mass is 9.44. The lowest BCUT2D eigenvalue weighted by Crippen LogP contribution is -2.70. The minimum Gasteiger partial charge on any atom is -0.398 e. The molecule has 4 N–H and O–H groups in total. The number of hydrogen-bond acceptors (Lipinski definition) is 8. The van der Waals surface area contributed by atoms with Crippen molar-refractivity contribution in [2.45, 2.75) is 82.1 Å². The summed E-state index contributed by atoms with van der Waals surface area (Å²) in [6.45, 7) is 3.11. The van der Waals surface area contributed by atoms with Crippen LogP contribution < -0.4 is 5.73 Å². The van der Waals surface area contributed by atoms with Gasteiger partial charge in [-0.15, -0.1) is 0 Å². The molecule has 0 amide bonds. The first-order valence-corrected chi connectivity index (χ1v) is 16.9. The van der Waals surface area contributed by atoms with E-state index in [0.717, 1.165) is 17.2 Å². The third kappa shape index (κ3) is 4.49. The van der Waals surface area contributed by atoms with Crippen molar-refractivity contribution in [2.75, 3.05) is 11.7 Å². The van der Waals surface area contributed by atoms with E-state index in [4.69, 9.17) is 15.2 Å². The number of benzene rings is 2. The maximum Gasteiger partial charge on any atom is 0.226 e. The number of carbonyl (C=O) groups is 2. The maximum atomic E-state index is 17.6. The number of thioether (sulfide) groups is 1. The Labute approximate surface area is 275 Å². The molecule has 5 aliphatic rings. The monoisotopic (exact) mass is 669 g/mol. The van der Waals surface area contributed by atoms with E-state index in [1.54, 1.807) is 13.0 Å². The zero-order valence-electron chi connectivity index (χ0n) is 26.1. The van der Waals surface area contributed by atoms with Crippen LogP contribution in [-0.2, 0) is 32.1 Å². The van der Waals surface area contributed by atoms with Crippen LogP contribution in [0.5, 0.6) is 0 Å². The molecule has 7 rings (SSSR count). The van der Waals surface area contributed by atoms with Gasteiger partial charge in [-0.25, -0.2) is 13.2 Å². The first-order chi connectivity index (χ1) is 22.3. The molecule has 47 heavy (non-hydrogen) atoms. The van der Waals surface area contributed by atoms with Crippen molar-refractivity contribution < 1.29 is 42.4 Å². The largest absolute Gasteiger partial charge is 0.398 e. The van der Waals surface area contributed by atoms with E-state index in [9.17, 15) is 24.2 Å². The van der Waals surface area contributed by atoms with Gasteiger partial charge in [0.2, 0.25) is 5.12 Å². The molecule has 4 fully saturated rings. The van der Waals surface area contributed by atoms with Crippen LogP contribution in [-0.4, -0.2) is 56.8 Å². The molecule has 2 aromatic rings. The Hall–Kier alpha value is -2.96. The Morgan fingerprint density at radius 2 is 1.83 bits per heavy atom. The summed E-state index contributed by atoms with van der Waals surface area (Å²) in [6, 6.07) is 12.0. The zero-order valence-corrected chi connectivity index (χ0v) is 26.9. The molecular formula is C36H38F3NO6S. The van der Waals surface area contributed by atoms with Crippen molar-refractivity contribution >= 4 is 28.3 Å². The molecule has 4 aliphatic carbocycles. The van der Waals surface area contributed by atoms with Crippen LogP contribution in [0.3, 0.4) is 0 Å². The van der Waals surface area contributed by atoms with Gasteiger partial charge in [0.1, 0.15) is 12.2 Å². The number of ketones is 1. The molecule has 7 nitrogen and oxygen atoms in total. The number of aliphatic hydroxyl groups is 2. The standard InChI is InChI=1S/C36H38F3NO6S/c1-33-10-9-23(42)13-26(33)27(38)14-25-24-15-30-36(32(44)47-18-37,34(24,2)16-29(43)35(25,33)39)46-31(45-30)21-6-3-19(4-7-21)11-20-5-8-28(40)22(12-20)17-41/h3-10,12-13,24-25,27,29-31,41,43H,11,14-18,40H2,1-2H3/t24-,25-,27-,29-,30+,31+,33-,34-,35-,36-/m0/s1.